The van der Waals surface area contributed by atoms with Gasteiger partial charge < -0.3 is 14.6 Å². The summed E-state index contributed by atoms with van der Waals surface area (Å²) in [7, 11) is 1.65. The first-order valence-corrected chi connectivity index (χ1v) is 9.60. The molecule has 3 aromatic rings. The lowest BCUT2D eigenvalue weighted by atomic mass is 10.1. The highest BCUT2D eigenvalue weighted by Gasteiger charge is 2.13. The summed E-state index contributed by atoms with van der Waals surface area (Å²) >= 11 is 2.82. The van der Waals surface area contributed by atoms with Crippen molar-refractivity contribution in [2.45, 2.75) is 18.6 Å². The zero-order chi connectivity index (χ0) is 17.6. The third kappa shape index (κ3) is 4.21. The van der Waals surface area contributed by atoms with Gasteiger partial charge in [-0.3, -0.25) is 4.79 Å². The number of ether oxygens (including phenoxy) is 1. The number of hydrogen-bond donors (Lipinski definition) is 1. The molecule has 2 aromatic heterocycles. The van der Waals surface area contributed by atoms with Gasteiger partial charge in [-0.25, -0.2) is 9.97 Å². The van der Waals surface area contributed by atoms with E-state index in [4.69, 9.17) is 4.74 Å². The Bertz CT molecular complexity index is 829. The minimum atomic E-state index is -0.0865. The molecule has 0 fully saturated rings. The molecule has 8 heteroatoms. The Labute approximate surface area is 154 Å². The number of amides is 1. The molecule has 0 aliphatic heterocycles. The van der Waals surface area contributed by atoms with Crippen LogP contribution >= 0.6 is 23.1 Å². The van der Waals surface area contributed by atoms with Crippen molar-refractivity contribution in [2.75, 3.05) is 18.2 Å². The number of rotatable bonds is 7. The van der Waals surface area contributed by atoms with Crippen molar-refractivity contribution in [1.29, 1.82) is 0 Å². The van der Waals surface area contributed by atoms with Crippen molar-refractivity contribution < 1.29 is 9.53 Å². The lowest BCUT2D eigenvalue weighted by Crippen LogP contribution is -2.14. The third-order valence-corrected chi connectivity index (χ3v) is 5.21. The quantitative estimate of drug-likeness (QED) is 0.638. The minimum absolute atomic E-state index is 0.0865. The Morgan fingerprint density at radius 3 is 2.76 bits per heavy atom. The number of methoxy groups -OCH3 is 1. The molecular weight excluding hydrogens is 356 g/mol. The van der Waals surface area contributed by atoms with E-state index in [2.05, 4.69) is 26.8 Å². The van der Waals surface area contributed by atoms with Crippen molar-refractivity contribution in [2.24, 2.45) is 0 Å². The number of carbonyl (C=O) groups is 1. The molecule has 2 heterocycles. The fourth-order valence-electron chi connectivity index (χ4n) is 2.34. The summed E-state index contributed by atoms with van der Waals surface area (Å²) in [5.41, 5.74) is 2.09. The number of aromatic nitrogens is 3. The highest BCUT2D eigenvalue weighted by Crippen LogP contribution is 2.27. The molecule has 0 atom stereocenters. The van der Waals surface area contributed by atoms with Crippen LogP contribution in [0.3, 0.4) is 0 Å². The normalized spacial score (nSPS) is 10.6. The predicted molar refractivity (Wildman–Crippen MR) is 101 cm³/mol. The van der Waals surface area contributed by atoms with E-state index in [1.54, 1.807) is 13.3 Å². The average Bonchev–Trinajstić information content (AvgIpc) is 3.29. The van der Waals surface area contributed by atoms with E-state index >= 15 is 0 Å². The van der Waals surface area contributed by atoms with E-state index in [1.807, 2.05) is 35.8 Å². The maximum absolute atomic E-state index is 12.0. The molecule has 1 N–H and O–H groups in total. The zero-order valence-corrected chi connectivity index (χ0v) is 15.6. The van der Waals surface area contributed by atoms with Crippen molar-refractivity contribution in [3.8, 4) is 17.0 Å². The lowest BCUT2D eigenvalue weighted by molar-refractivity contribution is -0.113. The number of anilines is 1. The van der Waals surface area contributed by atoms with E-state index in [-0.39, 0.29) is 5.91 Å². The van der Waals surface area contributed by atoms with E-state index in [0.717, 1.165) is 28.7 Å². The number of imidazole rings is 1. The molecule has 0 unspecified atom stereocenters. The van der Waals surface area contributed by atoms with Crippen LogP contribution in [-0.2, 0) is 11.3 Å². The SMILES string of the molecule is CCn1c(-c2ccc(OC)cc2)cnc1SCC(=O)Nc1nccs1. The molecule has 25 heavy (non-hydrogen) atoms. The van der Waals surface area contributed by atoms with Gasteiger partial charge in [-0.2, -0.15) is 0 Å². The summed E-state index contributed by atoms with van der Waals surface area (Å²) in [5, 5.41) is 6.04. The summed E-state index contributed by atoms with van der Waals surface area (Å²) in [5.74, 6) is 1.02. The first-order valence-electron chi connectivity index (χ1n) is 7.73. The standard InChI is InChI=1S/C17H18N4O2S2/c1-3-21-14(12-4-6-13(23-2)7-5-12)10-19-17(21)25-11-15(22)20-16-18-8-9-24-16/h4-10H,3,11H2,1-2H3,(H,18,20,22). The number of thioether (sulfide) groups is 1. The van der Waals surface area contributed by atoms with Crippen molar-refractivity contribution >= 4 is 34.1 Å². The van der Waals surface area contributed by atoms with Crippen LogP contribution < -0.4 is 10.1 Å². The first kappa shape index (κ1) is 17.5. The molecule has 130 valence electrons. The molecule has 0 aliphatic rings. The number of thiazole rings is 1. The van der Waals surface area contributed by atoms with E-state index in [9.17, 15) is 4.79 Å². The van der Waals surface area contributed by atoms with Crippen LogP contribution in [0.5, 0.6) is 5.75 Å². The molecule has 0 bridgehead atoms. The Morgan fingerprint density at radius 1 is 1.32 bits per heavy atom. The monoisotopic (exact) mass is 374 g/mol. The fraction of sp³-hybridized carbons (Fsp3) is 0.235. The Balaban J connectivity index is 1.69. The van der Waals surface area contributed by atoms with Gasteiger partial charge in [0.1, 0.15) is 5.75 Å². The average molecular weight is 374 g/mol. The highest BCUT2D eigenvalue weighted by atomic mass is 32.2. The van der Waals surface area contributed by atoms with Crippen LogP contribution in [0.2, 0.25) is 0 Å². The van der Waals surface area contributed by atoms with Gasteiger partial charge in [0.05, 0.1) is 24.8 Å². The smallest absolute Gasteiger partial charge is 0.236 e. The summed E-state index contributed by atoms with van der Waals surface area (Å²) in [6.07, 6.45) is 3.50. The molecule has 0 saturated heterocycles. The van der Waals surface area contributed by atoms with Gasteiger partial charge in [-0.15, -0.1) is 11.3 Å². The van der Waals surface area contributed by atoms with E-state index in [0.29, 0.717) is 10.9 Å². The maximum atomic E-state index is 12.0. The van der Waals surface area contributed by atoms with Gasteiger partial charge in [0.15, 0.2) is 10.3 Å². The predicted octanol–water partition coefficient (Wildman–Crippen LogP) is 3.77. The van der Waals surface area contributed by atoms with Gasteiger partial charge in [0, 0.05) is 23.7 Å². The second-order valence-electron chi connectivity index (χ2n) is 5.07. The Morgan fingerprint density at radius 2 is 2.12 bits per heavy atom. The third-order valence-electron chi connectivity index (χ3n) is 3.53. The molecule has 1 aromatic carbocycles. The number of nitrogens with zero attached hydrogens (tertiary/aromatic N) is 3. The van der Waals surface area contributed by atoms with Crippen LogP contribution in [0, 0.1) is 0 Å². The van der Waals surface area contributed by atoms with Gasteiger partial charge in [-0.05, 0) is 31.2 Å². The van der Waals surface area contributed by atoms with E-state index in [1.165, 1.54) is 23.1 Å². The summed E-state index contributed by atoms with van der Waals surface area (Å²) in [4.78, 5) is 20.5. The maximum Gasteiger partial charge on any atom is 0.236 e. The molecular formula is C17H18N4O2S2. The Kier molecular flexibility index (Phi) is 5.72. The molecule has 3 rings (SSSR count). The fourth-order valence-corrected chi connectivity index (χ4v) is 3.73. The number of benzene rings is 1. The van der Waals surface area contributed by atoms with Crippen LogP contribution in [0.25, 0.3) is 11.3 Å². The molecule has 0 aliphatic carbocycles. The van der Waals surface area contributed by atoms with Gasteiger partial charge in [0.25, 0.3) is 0 Å². The second-order valence-corrected chi connectivity index (χ2v) is 6.91. The summed E-state index contributed by atoms with van der Waals surface area (Å²) in [6.45, 7) is 2.84. The summed E-state index contributed by atoms with van der Waals surface area (Å²) < 4.78 is 7.30. The summed E-state index contributed by atoms with van der Waals surface area (Å²) in [6, 6.07) is 7.87. The molecule has 0 saturated carbocycles. The largest absolute Gasteiger partial charge is 0.497 e. The van der Waals surface area contributed by atoms with Crippen molar-refractivity contribution in [1.82, 2.24) is 14.5 Å². The topological polar surface area (TPSA) is 69.0 Å². The van der Waals surface area contributed by atoms with Crippen LogP contribution in [-0.4, -0.2) is 33.3 Å². The molecule has 1 amide bonds. The lowest BCUT2D eigenvalue weighted by Gasteiger charge is -2.09. The van der Waals surface area contributed by atoms with E-state index < -0.39 is 0 Å². The van der Waals surface area contributed by atoms with Gasteiger partial charge in [0.2, 0.25) is 5.91 Å². The zero-order valence-electron chi connectivity index (χ0n) is 13.9. The molecule has 0 radical (unpaired) electrons. The van der Waals surface area contributed by atoms with Crippen LogP contribution in [0.4, 0.5) is 5.13 Å². The van der Waals surface area contributed by atoms with Crippen LogP contribution in [0.15, 0.2) is 47.2 Å². The molecule has 6 nitrogen and oxygen atoms in total. The first-order chi connectivity index (χ1) is 12.2. The number of carbonyl (C=O) groups excluding carboxylic acids is 1. The van der Waals surface area contributed by atoms with Gasteiger partial charge >= 0.3 is 0 Å². The minimum Gasteiger partial charge on any atom is -0.497 e. The number of nitrogens with one attached hydrogen (secondary N) is 1. The van der Waals surface area contributed by atoms with Gasteiger partial charge in [-0.1, -0.05) is 11.8 Å². The molecule has 0 spiro atoms. The Hall–Kier alpha value is -2.32. The number of hydrogen-bond acceptors (Lipinski definition) is 6. The highest BCUT2D eigenvalue weighted by molar-refractivity contribution is 7.99. The van der Waals surface area contributed by atoms with Crippen LogP contribution in [0.1, 0.15) is 6.92 Å². The van der Waals surface area contributed by atoms with Crippen molar-refractivity contribution in [3.05, 3.63) is 42.0 Å². The second kappa shape index (κ2) is 8.17. The van der Waals surface area contributed by atoms with Crippen molar-refractivity contribution in [3.63, 3.8) is 0 Å².